The molecule has 0 fully saturated rings. The first-order valence-corrected chi connectivity index (χ1v) is 26.3. The van der Waals surface area contributed by atoms with Gasteiger partial charge in [-0.3, -0.25) is 9.59 Å². The molecule has 370 valence electrons. The third-order valence-electron chi connectivity index (χ3n) is 11.6. The van der Waals surface area contributed by atoms with Crippen molar-refractivity contribution in [3.63, 3.8) is 0 Å². The number of nitrogens with zero attached hydrogens (tertiary/aromatic N) is 1. The van der Waals surface area contributed by atoms with Crippen LogP contribution in [0, 0.1) is 0 Å². The van der Waals surface area contributed by atoms with Crippen LogP contribution >= 0.6 is 0 Å². The summed E-state index contributed by atoms with van der Waals surface area (Å²) in [5, 5.41) is 11.7. The lowest BCUT2D eigenvalue weighted by atomic mass is 10.0. The monoisotopic (exact) mass is 898 g/mol. The number of aliphatic carboxylic acids is 1. The van der Waals surface area contributed by atoms with Crippen LogP contribution in [-0.2, 0) is 28.6 Å². The van der Waals surface area contributed by atoms with Crippen molar-refractivity contribution < 1.29 is 38.2 Å². The van der Waals surface area contributed by atoms with Gasteiger partial charge in [0, 0.05) is 19.3 Å². The van der Waals surface area contributed by atoms with E-state index in [0.717, 1.165) is 77.0 Å². The van der Waals surface area contributed by atoms with E-state index in [1.54, 1.807) is 21.1 Å². The van der Waals surface area contributed by atoms with Crippen molar-refractivity contribution in [2.75, 3.05) is 41.0 Å². The number of unbranched alkanes of at least 4 members (excludes halogenated alkanes) is 23. The number of allylic oxidation sites excluding steroid dienone is 10. The molecular formula is C56H99NO7. The van der Waals surface area contributed by atoms with Gasteiger partial charge in [0.05, 0.1) is 40.3 Å². The Labute approximate surface area is 394 Å². The molecule has 0 aliphatic heterocycles. The average molecular weight is 898 g/mol. The minimum atomic E-state index is -1.13. The highest BCUT2D eigenvalue weighted by Gasteiger charge is 2.25. The van der Waals surface area contributed by atoms with E-state index in [4.69, 9.17) is 14.2 Å². The van der Waals surface area contributed by atoms with Crippen molar-refractivity contribution in [1.82, 2.24) is 0 Å². The Kier molecular flexibility index (Phi) is 44.4. The third-order valence-corrected chi connectivity index (χ3v) is 11.6. The maximum atomic E-state index is 12.8. The van der Waals surface area contributed by atoms with E-state index < -0.39 is 18.1 Å². The number of quaternary nitrogens is 1. The van der Waals surface area contributed by atoms with Gasteiger partial charge < -0.3 is 28.6 Å². The summed E-state index contributed by atoms with van der Waals surface area (Å²) >= 11 is 0. The summed E-state index contributed by atoms with van der Waals surface area (Å²) in [4.78, 5) is 37.1. The molecule has 8 heteroatoms. The molecule has 0 aromatic carbocycles. The van der Waals surface area contributed by atoms with Crippen LogP contribution in [0.4, 0.5) is 0 Å². The van der Waals surface area contributed by atoms with Gasteiger partial charge in [0.1, 0.15) is 12.6 Å². The molecule has 0 radical (unpaired) electrons. The smallest absolute Gasteiger partial charge is 0.306 e. The second-order valence-electron chi connectivity index (χ2n) is 18.7. The largest absolute Gasteiger partial charge is 0.544 e. The molecule has 0 spiro atoms. The number of likely N-dealkylation sites (N-methyl/N-ethyl adjacent to an activating group) is 1. The van der Waals surface area contributed by atoms with Crippen molar-refractivity contribution in [1.29, 1.82) is 0 Å². The van der Waals surface area contributed by atoms with Crippen LogP contribution in [0.25, 0.3) is 0 Å². The molecule has 0 amide bonds. The van der Waals surface area contributed by atoms with E-state index in [0.29, 0.717) is 12.8 Å². The Balaban J connectivity index is 4.21. The first-order valence-electron chi connectivity index (χ1n) is 26.3. The van der Waals surface area contributed by atoms with Crippen molar-refractivity contribution >= 4 is 17.9 Å². The molecule has 0 heterocycles. The molecule has 2 atom stereocenters. The first kappa shape index (κ1) is 61.0. The van der Waals surface area contributed by atoms with Crippen molar-refractivity contribution in [2.24, 2.45) is 0 Å². The summed E-state index contributed by atoms with van der Waals surface area (Å²) in [5.74, 6) is -1.74. The van der Waals surface area contributed by atoms with Crippen LogP contribution in [0.1, 0.15) is 226 Å². The van der Waals surface area contributed by atoms with E-state index in [2.05, 4.69) is 74.6 Å². The lowest BCUT2D eigenvalue weighted by Gasteiger charge is -2.34. The number of carbonyl (C=O) groups is 3. The minimum absolute atomic E-state index is 0.0388. The molecule has 0 N–H and O–H groups in total. The van der Waals surface area contributed by atoms with Crippen LogP contribution in [-0.4, -0.2) is 75.5 Å². The molecule has 0 aliphatic carbocycles. The molecule has 0 aromatic rings. The zero-order chi connectivity index (χ0) is 47.0. The normalized spacial score (nSPS) is 13.3. The Morgan fingerprint density at radius 1 is 0.469 bits per heavy atom. The summed E-state index contributed by atoms with van der Waals surface area (Å²) in [5.41, 5.74) is 0. The van der Waals surface area contributed by atoms with Gasteiger partial charge >= 0.3 is 11.9 Å². The molecule has 0 aliphatic rings. The Hall–Kier alpha value is -2.97. The Morgan fingerprint density at radius 3 is 1.22 bits per heavy atom. The quantitative estimate of drug-likeness (QED) is 0.0259. The van der Waals surface area contributed by atoms with Gasteiger partial charge in [0.15, 0.2) is 6.10 Å². The number of esters is 2. The highest BCUT2D eigenvalue weighted by Crippen LogP contribution is 2.16. The number of rotatable bonds is 47. The van der Waals surface area contributed by atoms with E-state index in [9.17, 15) is 19.5 Å². The van der Waals surface area contributed by atoms with Gasteiger partial charge in [0.2, 0.25) is 0 Å². The first-order chi connectivity index (χ1) is 31.1. The van der Waals surface area contributed by atoms with Crippen LogP contribution in [0.2, 0.25) is 0 Å². The molecule has 8 nitrogen and oxygen atoms in total. The van der Waals surface area contributed by atoms with Crippen LogP contribution < -0.4 is 5.11 Å². The number of carboxylic acid groups (broad SMARTS) is 1. The molecule has 0 saturated carbocycles. The molecule has 0 aromatic heterocycles. The standard InChI is InChI=1S/C56H99NO7/c1-6-8-10-12-14-16-18-20-22-24-26-27-29-31-33-35-37-39-41-43-45-47-55(59)64-52(50-62-49-48-53(56(60)61)57(3,4)5)51-63-54(58)46-44-42-40-38-36-34-32-30-28-25-23-21-19-17-15-13-11-9-7-2/h8-11,14-17,21,23,52-53H,6-7,12-13,18-20,22,24-51H2,1-5H3/b10-8+,11-9+,16-14+,17-15+,23-21+. The number of carbonyl (C=O) groups excluding carboxylic acids is 3. The Morgan fingerprint density at radius 2 is 0.828 bits per heavy atom. The highest BCUT2D eigenvalue weighted by atomic mass is 16.6. The molecule has 0 rings (SSSR count). The molecule has 2 unspecified atom stereocenters. The fourth-order valence-electron chi connectivity index (χ4n) is 7.65. The fraction of sp³-hybridized carbons (Fsp3) is 0.768. The summed E-state index contributed by atoms with van der Waals surface area (Å²) in [6, 6.07) is -0.728. The molecule has 0 saturated heterocycles. The second kappa shape index (κ2) is 46.6. The topological polar surface area (TPSA) is 102 Å². The lowest BCUT2D eigenvalue weighted by Crippen LogP contribution is -2.55. The van der Waals surface area contributed by atoms with Gasteiger partial charge in [-0.15, -0.1) is 0 Å². The predicted octanol–water partition coefficient (Wildman–Crippen LogP) is 14.0. The number of hydrogen-bond donors (Lipinski definition) is 0. The van der Waals surface area contributed by atoms with Gasteiger partial charge in [-0.2, -0.15) is 0 Å². The van der Waals surface area contributed by atoms with Crippen molar-refractivity contribution in [3.8, 4) is 0 Å². The zero-order valence-electron chi connectivity index (χ0n) is 42.2. The summed E-state index contributed by atoms with van der Waals surface area (Å²) < 4.78 is 17.3. The van der Waals surface area contributed by atoms with Crippen molar-refractivity contribution in [2.45, 2.75) is 238 Å². The van der Waals surface area contributed by atoms with E-state index in [-0.39, 0.29) is 42.7 Å². The summed E-state index contributed by atoms with van der Waals surface area (Å²) in [6.45, 7) is 4.47. The second-order valence-corrected chi connectivity index (χ2v) is 18.7. The Bertz CT molecular complexity index is 1230. The fourth-order valence-corrected chi connectivity index (χ4v) is 7.65. The zero-order valence-corrected chi connectivity index (χ0v) is 42.2. The van der Waals surface area contributed by atoms with E-state index in [1.165, 1.54) is 116 Å². The summed E-state index contributed by atoms with van der Waals surface area (Å²) in [6.07, 6.45) is 58.2. The van der Waals surface area contributed by atoms with Gasteiger partial charge in [-0.25, -0.2) is 0 Å². The van der Waals surface area contributed by atoms with E-state index >= 15 is 0 Å². The number of hydrogen-bond acceptors (Lipinski definition) is 7. The van der Waals surface area contributed by atoms with Crippen LogP contribution in [0.5, 0.6) is 0 Å². The van der Waals surface area contributed by atoms with Gasteiger partial charge in [0.25, 0.3) is 0 Å². The van der Waals surface area contributed by atoms with Gasteiger partial charge in [-0.1, -0.05) is 197 Å². The van der Waals surface area contributed by atoms with E-state index in [1.807, 2.05) is 0 Å². The highest BCUT2D eigenvalue weighted by molar-refractivity contribution is 5.70. The molecular weight excluding hydrogens is 799 g/mol. The minimum Gasteiger partial charge on any atom is -0.544 e. The molecule has 64 heavy (non-hydrogen) atoms. The number of ether oxygens (including phenoxy) is 3. The maximum absolute atomic E-state index is 12.8. The van der Waals surface area contributed by atoms with Crippen LogP contribution in [0.15, 0.2) is 60.8 Å². The van der Waals surface area contributed by atoms with Gasteiger partial charge in [-0.05, 0) is 70.6 Å². The summed E-state index contributed by atoms with van der Waals surface area (Å²) in [7, 11) is 5.42. The SMILES string of the molecule is CC/C=C/C/C=C/C/C=C/CCCCCCCCCCCC(=O)OCC(COCCC(C(=O)[O-])[N+](C)(C)C)OC(=O)CCCCCCCCCCCCCCCC/C=C/C/C=C/CC. The average Bonchev–Trinajstić information content (AvgIpc) is 3.26. The predicted molar refractivity (Wildman–Crippen MR) is 268 cm³/mol. The van der Waals surface area contributed by atoms with Crippen molar-refractivity contribution in [3.05, 3.63) is 60.8 Å². The lowest BCUT2D eigenvalue weighted by molar-refractivity contribution is -0.889. The number of carboxylic acids is 1. The maximum Gasteiger partial charge on any atom is 0.306 e. The van der Waals surface area contributed by atoms with Crippen LogP contribution in [0.3, 0.4) is 0 Å². The molecule has 0 bridgehead atoms. The third kappa shape index (κ3) is 44.2.